The molecule has 0 radical (unpaired) electrons. The Morgan fingerprint density at radius 1 is 1.03 bits per heavy atom. The molecule has 33 heavy (non-hydrogen) atoms. The lowest BCUT2D eigenvalue weighted by Crippen LogP contribution is -2.32. The molecule has 0 aliphatic heterocycles. The molecule has 3 aromatic heterocycles. The van der Waals surface area contributed by atoms with Crippen LogP contribution in [0.25, 0.3) is 16.2 Å². The minimum absolute atomic E-state index is 0.177. The van der Waals surface area contributed by atoms with Crippen LogP contribution in [0.15, 0.2) is 93.9 Å². The second-order valence-electron chi connectivity index (χ2n) is 7.85. The molecule has 0 bridgehead atoms. The van der Waals surface area contributed by atoms with Crippen molar-refractivity contribution in [2.24, 2.45) is 0 Å². The highest BCUT2D eigenvalue weighted by atomic mass is 32.2. The average Bonchev–Trinajstić information content (AvgIpc) is 3.56. The lowest BCUT2D eigenvalue weighted by Gasteiger charge is -2.21. The second kappa shape index (κ2) is 8.97. The predicted molar refractivity (Wildman–Crippen MR) is 130 cm³/mol. The summed E-state index contributed by atoms with van der Waals surface area (Å²) in [6, 6.07) is 20.4. The van der Waals surface area contributed by atoms with E-state index in [1.807, 2.05) is 17.6 Å². The molecular weight excluding hydrogens is 454 g/mol. The van der Waals surface area contributed by atoms with Gasteiger partial charge in [0.25, 0.3) is 0 Å². The van der Waals surface area contributed by atoms with Gasteiger partial charge in [-0.15, -0.1) is 11.3 Å². The van der Waals surface area contributed by atoms with E-state index in [1.54, 1.807) is 54.0 Å². The van der Waals surface area contributed by atoms with Crippen molar-refractivity contribution in [1.82, 2.24) is 13.7 Å². The number of hydrogen-bond donors (Lipinski definition) is 0. The first-order valence-electron chi connectivity index (χ1n) is 10.6. The zero-order valence-corrected chi connectivity index (χ0v) is 19.7. The average molecular weight is 478 g/mol. The van der Waals surface area contributed by atoms with E-state index >= 15 is 0 Å². The number of benzene rings is 2. The summed E-state index contributed by atoms with van der Waals surface area (Å²) in [6.07, 6.45) is 4.13. The van der Waals surface area contributed by atoms with Gasteiger partial charge in [-0.1, -0.05) is 48.0 Å². The molecule has 0 saturated heterocycles. The molecule has 0 aliphatic rings. The number of rotatable bonds is 8. The first-order valence-corrected chi connectivity index (χ1v) is 12.9. The van der Waals surface area contributed by atoms with E-state index in [1.165, 1.54) is 9.87 Å². The molecule has 0 spiro atoms. The fourth-order valence-corrected chi connectivity index (χ4v) is 6.05. The molecule has 2 aromatic carbocycles. The van der Waals surface area contributed by atoms with Crippen LogP contribution in [0.1, 0.15) is 17.0 Å². The molecule has 0 N–H and O–H groups in total. The van der Waals surface area contributed by atoms with Gasteiger partial charge in [-0.2, -0.15) is 4.31 Å². The molecule has 3 heterocycles. The number of aryl methyl sites for hydroxylation is 1. The van der Waals surface area contributed by atoms with Gasteiger partial charge in [0.05, 0.1) is 23.4 Å². The fraction of sp³-hybridized carbons (Fsp3) is 0.160. The molecule has 168 valence electrons. The summed E-state index contributed by atoms with van der Waals surface area (Å²) < 4.78 is 35.7. The SMILES string of the molecule is Cc1ccc(-c2cn3c(CCN(Cc4ccco4)S(=O)(=O)c4ccccc4)csc3n2)cc1. The van der Waals surface area contributed by atoms with E-state index in [0.717, 1.165) is 21.9 Å². The Morgan fingerprint density at radius 2 is 1.82 bits per heavy atom. The lowest BCUT2D eigenvalue weighted by atomic mass is 10.1. The summed E-state index contributed by atoms with van der Waals surface area (Å²) in [4.78, 5) is 5.92. The normalized spacial score (nSPS) is 12.1. The van der Waals surface area contributed by atoms with Crippen molar-refractivity contribution < 1.29 is 12.8 Å². The van der Waals surface area contributed by atoms with E-state index in [2.05, 4.69) is 35.6 Å². The number of sulfonamides is 1. The maximum Gasteiger partial charge on any atom is 0.243 e. The Balaban J connectivity index is 1.41. The van der Waals surface area contributed by atoms with E-state index in [4.69, 9.17) is 9.40 Å². The van der Waals surface area contributed by atoms with Crippen molar-refractivity contribution in [3.8, 4) is 11.3 Å². The minimum Gasteiger partial charge on any atom is -0.468 e. The lowest BCUT2D eigenvalue weighted by molar-refractivity contribution is 0.365. The number of hydrogen-bond acceptors (Lipinski definition) is 5. The third-order valence-corrected chi connectivity index (χ3v) is 8.29. The van der Waals surface area contributed by atoms with Crippen molar-refractivity contribution in [2.75, 3.05) is 6.54 Å². The standard InChI is InChI=1S/C25H23N3O3S2/c1-19-9-11-20(12-10-19)24-17-28-21(18-32-25(28)26-24)13-14-27(16-22-6-5-15-31-22)33(29,30)23-7-3-2-4-8-23/h2-12,15,17-18H,13-14,16H2,1H3. The monoisotopic (exact) mass is 477 g/mol. The molecule has 0 unspecified atom stereocenters. The highest BCUT2D eigenvalue weighted by molar-refractivity contribution is 7.89. The molecule has 0 amide bonds. The highest BCUT2D eigenvalue weighted by Gasteiger charge is 2.25. The molecule has 5 aromatic rings. The van der Waals surface area contributed by atoms with Gasteiger partial charge < -0.3 is 4.42 Å². The number of thiazole rings is 1. The van der Waals surface area contributed by atoms with Crippen LogP contribution in [0, 0.1) is 6.92 Å². The van der Waals surface area contributed by atoms with E-state index in [9.17, 15) is 8.42 Å². The van der Waals surface area contributed by atoms with Gasteiger partial charge in [0.15, 0.2) is 4.96 Å². The Morgan fingerprint density at radius 3 is 2.55 bits per heavy atom. The van der Waals surface area contributed by atoms with E-state index in [-0.39, 0.29) is 11.4 Å². The van der Waals surface area contributed by atoms with Crippen molar-refractivity contribution in [3.05, 3.63) is 102 Å². The summed E-state index contributed by atoms with van der Waals surface area (Å²) in [5, 5.41) is 2.04. The van der Waals surface area contributed by atoms with Crippen LogP contribution in [0.3, 0.4) is 0 Å². The molecule has 5 rings (SSSR count). The second-order valence-corrected chi connectivity index (χ2v) is 10.6. The molecule has 8 heteroatoms. The minimum atomic E-state index is -3.67. The molecule has 0 atom stereocenters. The van der Waals surface area contributed by atoms with Gasteiger partial charge in [0, 0.05) is 35.8 Å². The first kappa shape index (κ1) is 21.6. The zero-order chi connectivity index (χ0) is 22.8. The summed E-state index contributed by atoms with van der Waals surface area (Å²) in [5.41, 5.74) is 4.20. The predicted octanol–water partition coefficient (Wildman–Crippen LogP) is 5.40. The van der Waals surface area contributed by atoms with Gasteiger partial charge in [-0.25, -0.2) is 13.4 Å². The summed E-state index contributed by atoms with van der Waals surface area (Å²) in [6.45, 7) is 2.56. The Kier molecular flexibility index (Phi) is 5.88. The number of nitrogens with zero attached hydrogens (tertiary/aromatic N) is 3. The van der Waals surface area contributed by atoms with Crippen LogP contribution in [-0.4, -0.2) is 28.7 Å². The topological polar surface area (TPSA) is 67.8 Å². The van der Waals surface area contributed by atoms with Crippen molar-refractivity contribution in [2.45, 2.75) is 24.8 Å². The quantitative estimate of drug-likeness (QED) is 0.300. The fourth-order valence-electron chi connectivity index (χ4n) is 3.71. The van der Waals surface area contributed by atoms with Crippen molar-refractivity contribution in [3.63, 3.8) is 0 Å². The van der Waals surface area contributed by atoms with Crippen molar-refractivity contribution >= 4 is 26.3 Å². The van der Waals surface area contributed by atoms with Crippen molar-refractivity contribution in [1.29, 1.82) is 0 Å². The summed E-state index contributed by atoms with van der Waals surface area (Å²) in [7, 11) is -3.67. The number of fused-ring (bicyclic) bond motifs is 1. The zero-order valence-electron chi connectivity index (χ0n) is 18.1. The van der Waals surface area contributed by atoms with Gasteiger partial charge in [-0.05, 0) is 31.2 Å². The van der Waals surface area contributed by atoms with Gasteiger partial charge in [-0.3, -0.25) is 4.40 Å². The van der Waals surface area contributed by atoms with Gasteiger partial charge in [0.1, 0.15) is 5.76 Å². The molecule has 0 aliphatic carbocycles. The summed E-state index contributed by atoms with van der Waals surface area (Å²) in [5.74, 6) is 0.606. The van der Waals surface area contributed by atoms with Gasteiger partial charge in [0.2, 0.25) is 10.0 Å². The smallest absolute Gasteiger partial charge is 0.243 e. The molecule has 0 fully saturated rings. The Labute approximate surface area is 196 Å². The molecule has 0 saturated carbocycles. The van der Waals surface area contributed by atoms with E-state index in [0.29, 0.717) is 18.7 Å². The van der Waals surface area contributed by atoms with E-state index < -0.39 is 10.0 Å². The third kappa shape index (κ3) is 4.50. The largest absolute Gasteiger partial charge is 0.468 e. The number of aromatic nitrogens is 2. The molecule has 6 nitrogen and oxygen atoms in total. The highest BCUT2D eigenvalue weighted by Crippen LogP contribution is 2.25. The maximum absolute atomic E-state index is 13.4. The van der Waals surface area contributed by atoms with Crippen LogP contribution in [-0.2, 0) is 23.0 Å². The number of furan rings is 1. The maximum atomic E-state index is 13.4. The van der Waals surface area contributed by atoms with Crippen LogP contribution >= 0.6 is 11.3 Å². The van der Waals surface area contributed by atoms with Crippen LogP contribution in [0.5, 0.6) is 0 Å². The van der Waals surface area contributed by atoms with Crippen LogP contribution < -0.4 is 0 Å². The Hall–Kier alpha value is -3.20. The summed E-state index contributed by atoms with van der Waals surface area (Å²) >= 11 is 1.56. The Bertz CT molecular complexity index is 1450. The molecular formula is C25H23N3O3S2. The van der Waals surface area contributed by atoms with Crippen LogP contribution in [0.4, 0.5) is 0 Å². The van der Waals surface area contributed by atoms with Gasteiger partial charge >= 0.3 is 0 Å². The number of imidazole rings is 1. The third-order valence-electron chi connectivity index (χ3n) is 5.54. The van der Waals surface area contributed by atoms with Crippen LogP contribution in [0.2, 0.25) is 0 Å². The first-order chi connectivity index (χ1) is 16.0.